The Morgan fingerprint density at radius 1 is 0.789 bits per heavy atom. The molecule has 0 spiro atoms. The fourth-order valence-electron chi connectivity index (χ4n) is 2.28. The van der Waals surface area contributed by atoms with Crippen LogP contribution in [-0.4, -0.2) is 12.6 Å². The Hall–Kier alpha value is -2.13. The lowest BCUT2D eigenvalue weighted by atomic mass is 9.97. The largest absolute Gasteiger partial charge is 0.453 e. The maximum absolute atomic E-state index is 11.5. The second kappa shape index (κ2) is 5.24. The van der Waals surface area contributed by atoms with E-state index in [4.69, 9.17) is 9.47 Å². The highest BCUT2D eigenvalue weighted by atomic mass is 16.6. The first-order chi connectivity index (χ1) is 9.34. The van der Waals surface area contributed by atoms with E-state index in [1.807, 2.05) is 60.7 Å². The van der Waals surface area contributed by atoms with Gasteiger partial charge in [-0.15, -0.1) is 0 Å². The standard InChI is InChI=1S/C16H14O3/c17-14-11-18-15(12-7-3-1-4-8-12)16(19-14)13-9-5-2-6-10-13/h1-10,15-16H,11H2/t15-,16+/m1/s1. The van der Waals surface area contributed by atoms with Gasteiger partial charge in [-0.2, -0.15) is 0 Å². The van der Waals surface area contributed by atoms with E-state index in [1.165, 1.54) is 0 Å². The number of ether oxygens (including phenoxy) is 2. The lowest BCUT2D eigenvalue weighted by Gasteiger charge is -2.31. The van der Waals surface area contributed by atoms with E-state index in [-0.39, 0.29) is 24.8 Å². The molecule has 0 radical (unpaired) electrons. The third-order valence-electron chi connectivity index (χ3n) is 3.17. The van der Waals surface area contributed by atoms with E-state index in [1.54, 1.807) is 0 Å². The first-order valence-electron chi connectivity index (χ1n) is 6.25. The van der Waals surface area contributed by atoms with Crippen molar-refractivity contribution in [2.24, 2.45) is 0 Å². The predicted molar refractivity (Wildman–Crippen MR) is 70.4 cm³/mol. The topological polar surface area (TPSA) is 35.5 Å². The van der Waals surface area contributed by atoms with Gasteiger partial charge in [0.25, 0.3) is 0 Å². The zero-order chi connectivity index (χ0) is 13.1. The molecule has 0 saturated carbocycles. The smallest absolute Gasteiger partial charge is 0.332 e. The molecule has 2 aromatic rings. The van der Waals surface area contributed by atoms with Crippen molar-refractivity contribution in [3.05, 3.63) is 71.8 Å². The molecule has 0 N–H and O–H groups in total. The Morgan fingerprint density at radius 2 is 1.32 bits per heavy atom. The summed E-state index contributed by atoms with van der Waals surface area (Å²) in [6.45, 7) is 0.00287. The molecule has 2 atom stereocenters. The van der Waals surface area contributed by atoms with Gasteiger partial charge in [0.1, 0.15) is 12.7 Å². The van der Waals surface area contributed by atoms with Gasteiger partial charge in [-0.05, 0) is 11.1 Å². The number of hydrogen-bond donors (Lipinski definition) is 0. The number of rotatable bonds is 2. The Morgan fingerprint density at radius 3 is 1.89 bits per heavy atom. The SMILES string of the molecule is O=C1CO[C@H](c2ccccc2)[C@H](c2ccccc2)O1. The first-order valence-corrected chi connectivity index (χ1v) is 6.25. The van der Waals surface area contributed by atoms with Gasteiger partial charge >= 0.3 is 5.97 Å². The van der Waals surface area contributed by atoms with Crippen LogP contribution in [0.3, 0.4) is 0 Å². The molecule has 1 saturated heterocycles. The van der Waals surface area contributed by atoms with E-state index in [0.29, 0.717) is 0 Å². The van der Waals surface area contributed by atoms with E-state index >= 15 is 0 Å². The zero-order valence-electron chi connectivity index (χ0n) is 10.4. The Kier molecular flexibility index (Phi) is 3.29. The Bertz CT molecular complexity index is 551. The summed E-state index contributed by atoms with van der Waals surface area (Å²) >= 11 is 0. The van der Waals surface area contributed by atoms with Gasteiger partial charge in [-0.1, -0.05) is 60.7 Å². The van der Waals surface area contributed by atoms with Gasteiger partial charge in [0.2, 0.25) is 0 Å². The summed E-state index contributed by atoms with van der Waals surface area (Å²) in [6.07, 6.45) is -0.633. The highest BCUT2D eigenvalue weighted by Gasteiger charge is 2.33. The molecule has 0 bridgehead atoms. The molecular weight excluding hydrogens is 240 g/mol. The molecule has 1 aliphatic rings. The van der Waals surface area contributed by atoms with Crippen LogP contribution in [0.25, 0.3) is 0 Å². The molecule has 0 unspecified atom stereocenters. The summed E-state index contributed by atoms with van der Waals surface area (Å²) in [5.74, 6) is -0.318. The monoisotopic (exact) mass is 254 g/mol. The number of esters is 1. The van der Waals surface area contributed by atoms with Crippen LogP contribution in [0.1, 0.15) is 23.3 Å². The molecule has 2 aromatic carbocycles. The minimum absolute atomic E-state index is 0.00287. The minimum Gasteiger partial charge on any atom is -0.453 e. The van der Waals surface area contributed by atoms with Gasteiger partial charge in [0.15, 0.2) is 6.10 Å². The minimum atomic E-state index is -0.384. The van der Waals surface area contributed by atoms with Crippen molar-refractivity contribution in [1.82, 2.24) is 0 Å². The van der Waals surface area contributed by atoms with Gasteiger partial charge < -0.3 is 9.47 Å². The predicted octanol–water partition coefficient (Wildman–Crippen LogP) is 3.04. The third-order valence-corrected chi connectivity index (χ3v) is 3.17. The number of carbonyl (C=O) groups excluding carboxylic acids is 1. The number of hydrogen-bond acceptors (Lipinski definition) is 3. The van der Waals surface area contributed by atoms with E-state index in [2.05, 4.69) is 0 Å². The van der Waals surface area contributed by atoms with Crippen LogP contribution in [0, 0.1) is 0 Å². The van der Waals surface area contributed by atoms with Gasteiger partial charge in [-0.25, -0.2) is 4.79 Å². The van der Waals surface area contributed by atoms with Crippen LogP contribution in [0.4, 0.5) is 0 Å². The highest BCUT2D eigenvalue weighted by Crippen LogP contribution is 2.37. The average Bonchev–Trinajstić information content (AvgIpc) is 2.49. The van der Waals surface area contributed by atoms with Crippen LogP contribution in [-0.2, 0) is 14.3 Å². The quantitative estimate of drug-likeness (QED) is 0.773. The molecule has 0 aliphatic carbocycles. The molecule has 3 rings (SSSR count). The van der Waals surface area contributed by atoms with Crippen molar-refractivity contribution < 1.29 is 14.3 Å². The van der Waals surface area contributed by atoms with Crippen molar-refractivity contribution >= 4 is 5.97 Å². The fraction of sp³-hybridized carbons (Fsp3) is 0.188. The van der Waals surface area contributed by atoms with Gasteiger partial charge in [0.05, 0.1) is 0 Å². The highest BCUT2D eigenvalue weighted by molar-refractivity contribution is 5.71. The second-order valence-corrected chi connectivity index (χ2v) is 4.46. The Balaban J connectivity index is 1.95. The normalized spacial score (nSPS) is 22.8. The third kappa shape index (κ3) is 2.51. The maximum Gasteiger partial charge on any atom is 0.332 e. The van der Waals surface area contributed by atoms with E-state index in [0.717, 1.165) is 11.1 Å². The molecule has 96 valence electrons. The summed E-state index contributed by atoms with van der Waals surface area (Å²) in [5.41, 5.74) is 1.97. The average molecular weight is 254 g/mol. The summed E-state index contributed by atoms with van der Waals surface area (Å²) in [6, 6.07) is 19.5. The molecular formula is C16H14O3. The number of carbonyl (C=O) groups is 1. The van der Waals surface area contributed by atoms with Crippen LogP contribution in [0.15, 0.2) is 60.7 Å². The first kappa shape index (κ1) is 11.9. The van der Waals surface area contributed by atoms with Crippen molar-refractivity contribution in [3.8, 4) is 0 Å². The molecule has 1 aliphatic heterocycles. The fourth-order valence-corrected chi connectivity index (χ4v) is 2.28. The van der Waals surface area contributed by atoms with Crippen molar-refractivity contribution in [1.29, 1.82) is 0 Å². The number of cyclic esters (lactones) is 1. The summed E-state index contributed by atoms with van der Waals surface area (Å²) in [7, 11) is 0. The summed E-state index contributed by atoms with van der Waals surface area (Å²) in [5, 5.41) is 0. The molecule has 0 aromatic heterocycles. The molecule has 0 amide bonds. The summed E-state index contributed by atoms with van der Waals surface area (Å²) < 4.78 is 11.1. The molecule has 3 heteroatoms. The van der Waals surface area contributed by atoms with Gasteiger partial charge in [-0.3, -0.25) is 0 Å². The molecule has 3 nitrogen and oxygen atoms in total. The van der Waals surface area contributed by atoms with Crippen molar-refractivity contribution in [2.75, 3.05) is 6.61 Å². The summed E-state index contributed by atoms with van der Waals surface area (Å²) in [4.78, 5) is 11.5. The van der Waals surface area contributed by atoms with Crippen LogP contribution < -0.4 is 0 Å². The lowest BCUT2D eigenvalue weighted by Crippen LogP contribution is -2.30. The van der Waals surface area contributed by atoms with Crippen LogP contribution >= 0.6 is 0 Å². The maximum atomic E-state index is 11.5. The van der Waals surface area contributed by atoms with Crippen molar-refractivity contribution in [2.45, 2.75) is 12.2 Å². The lowest BCUT2D eigenvalue weighted by molar-refractivity contribution is -0.185. The van der Waals surface area contributed by atoms with Crippen molar-refractivity contribution in [3.63, 3.8) is 0 Å². The molecule has 1 heterocycles. The Labute approximate surface area is 111 Å². The molecule has 19 heavy (non-hydrogen) atoms. The molecule has 1 fully saturated rings. The van der Waals surface area contributed by atoms with Gasteiger partial charge in [0, 0.05) is 0 Å². The van der Waals surface area contributed by atoms with Crippen LogP contribution in [0.2, 0.25) is 0 Å². The number of benzene rings is 2. The second-order valence-electron chi connectivity index (χ2n) is 4.46. The zero-order valence-corrected chi connectivity index (χ0v) is 10.4. The van der Waals surface area contributed by atoms with E-state index in [9.17, 15) is 4.79 Å². The van der Waals surface area contributed by atoms with Crippen LogP contribution in [0.5, 0.6) is 0 Å². The van der Waals surface area contributed by atoms with E-state index < -0.39 is 0 Å².